The zero-order chi connectivity index (χ0) is 14.2. The molecule has 0 bridgehead atoms. The van der Waals surface area contributed by atoms with Crippen LogP contribution in [0, 0.1) is 22.9 Å². The molecule has 2 rings (SSSR count). The van der Waals surface area contributed by atoms with Gasteiger partial charge in [-0.1, -0.05) is 4.47 Å². The average Bonchev–Trinajstić information content (AvgIpc) is 2.86. The minimum absolute atomic E-state index is 0.105. The maximum absolute atomic E-state index is 13.5. The summed E-state index contributed by atoms with van der Waals surface area (Å²) in [5.74, 6) is -1.04. The quantitative estimate of drug-likeness (QED) is 0.619. The van der Waals surface area contributed by atoms with Crippen LogP contribution in [0.4, 0.5) is 10.1 Å². The molecule has 0 spiro atoms. The second-order valence-corrected chi connectivity index (χ2v) is 5.88. The van der Waals surface area contributed by atoms with E-state index in [9.17, 15) is 22.9 Å². The maximum Gasteiger partial charge on any atom is 0.306 e. The van der Waals surface area contributed by atoms with Gasteiger partial charge in [-0.25, -0.2) is 8.42 Å². The van der Waals surface area contributed by atoms with Crippen LogP contribution in [-0.4, -0.2) is 31.0 Å². The lowest BCUT2D eigenvalue weighted by Crippen LogP contribution is -2.27. The molecule has 1 aliphatic heterocycles. The molecule has 1 aromatic carbocycles. The molecule has 1 saturated heterocycles. The normalized spacial score (nSPS) is 16.7. The van der Waals surface area contributed by atoms with Gasteiger partial charge in [-0.15, -0.1) is 0 Å². The van der Waals surface area contributed by atoms with E-state index in [0.29, 0.717) is 12.5 Å². The number of hydroxylamine groups is 1. The molecule has 0 unspecified atom stereocenters. The Bertz CT molecular complexity index is 625. The Hall–Kier alpha value is -1.58. The third-order valence-electron chi connectivity index (χ3n) is 2.69. The second-order valence-electron chi connectivity index (χ2n) is 4.05. The Balaban J connectivity index is 2.54. The molecule has 0 aromatic heterocycles. The van der Waals surface area contributed by atoms with Gasteiger partial charge in [0.25, 0.3) is 10.0 Å². The zero-order valence-electron chi connectivity index (χ0n) is 10.00. The van der Waals surface area contributed by atoms with Gasteiger partial charge in [-0.3, -0.25) is 15.0 Å². The summed E-state index contributed by atoms with van der Waals surface area (Å²) in [6.45, 7) is 1.71. The van der Waals surface area contributed by atoms with Crippen LogP contribution < -0.4 is 0 Å². The SMILES string of the molecule is Cc1cc(S(=O)(=O)N2CCCO2)cc([N+](=O)[O-])c1F. The highest BCUT2D eigenvalue weighted by molar-refractivity contribution is 7.89. The van der Waals surface area contributed by atoms with Gasteiger partial charge < -0.3 is 0 Å². The summed E-state index contributed by atoms with van der Waals surface area (Å²) in [7, 11) is -3.99. The van der Waals surface area contributed by atoms with Gasteiger partial charge in [0.2, 0.25) is 5.82 Å². The number of benzene rings is 1. The van der Waals surface area contributed by atoms with E-state index in [-0.39, 0.29) is 23.6 Å². The molecule has 0 saturated carbocycles. The number of nitro groups is 1. The van der Waals surface area contributed by atoms with E-state index < -0.39 is 26.5 Å². The van der Waals surface area contributed by atoms with Crippen molar-refractivity contribution >= 4 is 15.7 Å². The Labute approximate surface area is 108 Å². The molecule has 19 heavy (non-hydrogen) atoms. The van der Waals surface area contributed by atoms with Crippen molar-refractivity contribution in [1.29, 1.82) is 0 Å². The molecule has 0 atom stereocenters. The molecule has 0 N–H and O–H groups in total. The molecular weight excluding hydrogens is 279 g/mol. The molecule has 1 aliphatic rings. The Morgan fingerprint density at radius 1 is 1.47 bits per heavy atom. The predicted octanol–water partition coefficient (Wildman–Crippen LogP) is 1.37. The molecule has 1 heterocycles. The van der Waals surface area contributed by atoms with Gasteiger partial charge in [-0.2, -0.15) is 4.39 Å². The van der Waals surface area contributed by atoms with Crippen LogP contribution in [0.2, 0.25) is 0 Å². The minimum Gasteiger partial charge on any atom is -0.284 e. The number of hydrogen-bond acceptors (Lipinski definition) is 5. The van der Waals surface area contributed by atoms with E-state index in [2.05, 4.69) is 0 Å². The summed E-state index contributed by atoms with van der Waals surface area (Å²) in [4.78, 5) is 14.3. The summed E-state index contributed by atoms with van der Waals surface area (Å²) in [6, 6.07) is 1.76. The fourth-order valence-corrected chi connectivity index (χ4v) is 3.14. The number of nitro benzene ring substituents is 1. The van der Waals surface area contributed by atoms with Gasteiger partial charge >= 0.3 is 5.69 Å². The molecular formula is C10H11FN2O5S. The van der Waals surface area contributed by atoms with Gasteiger partial charge in [-0.05, 0) is 25.0 Å². The molecule has 0 radical (unpaired) electrons. The van der Waals surface area contributed by atoms with Gasteiger partial charge in [0.05, 0.1) is 16.4 Å². The number of aryl methyl sites for hydroxylation is 1. The second kappa shape index (κ2) is 4.83. The highest BCUT2D eigenvalue weighted by atomic mass is 32.2. The third-order valence-corrected chi connectivity index (χ3v) is 4.35. The fourth-order valence-electron chi connectivity index (χ4n) is 1.73. The fraction of sp³-hybridized carbons (Fsp3) is 0.400. The monoisotopic (exact) mass is 290 g/mol. The van der Waals surface area contributed by atoms with Crippen LogP contribution in [0.5, 0.6) is 0 Å². The van der Waals surface area contributed by atoms with Crippen LogP contribution in [0.1, 0.15) is 12.0 Å². The van der Waals surface area contributed by atoms with Crippen LogP contribution in [-0.2, 0) is 14.9 Å². The summed E-state index contributed by atoms with van der Waals surface area (Å²) in [5, 5.41) is 10.7. The highest BCUT2D eigenvalue weighted by Gasteiger charge is 2.31. The number of nitrogens with zero attached hydrogens (tertiary/aromatic N) is 2. The molecule has 1 aromatic rings. The van der Waals surface area contributed by atoms with Gasteiger partial charge in [0.1, 0.15) is 0 Å². The van der Waals surface area contributed by atoms with Gasteiger partial charge in [0.15, 0.2) is 0 Å². The Morgan fingerprint density at radius 3 is 2.68 bits per heavy atom. The van der Waals surface area contributed by atoms with Crippen LogP contribution in [0.25, 0.3) is 0 Å². The average molecular weight is 290 g/mol. The molecule has 7 nitrogen and oxygen atoms in total. The lowest BCUT2D eigenvalue weighted by Gasteiger charge is -2.14. The van der Waals surface area contributed by atoms with Crippen molar-refractivity contribution < 1.29 is 22.6 Å². The Kier molecular flexibility index (Phi) is 3.52. The molecule has 9 heteroatoms. The van der Waals surface area contributed by atoms with Crippen molar-refractivity contribution in [2.24, 2.45) is 0 Å². The van der Waals surface area contributed by atoms with E-state index in [4.69, 9.17) is 4.84 Å². The topological polar surface area (TPSA) is 89.8 Å². The van der Waals surface area contributed by atoms with Crippen molar-refractivity contribution in [3.63, 3.8) is 0 Å². The minimum atomic E-state index is -3.99. The summed E-state index contributed by atoms with van der Waals surface area (Å²) >= 11 is 0. The third kappa shape index (κ3) is 2.44. The zero-order valence-corrected chi connectivity index (χ0v) is 10.8. The van der Waals surface area contributed by atoms with Crippen LogP contribution >= 0.6 is 0 Å². The van der Waals surface area contributed by atoms with E-state index in [1.54, 1.807) is 0 Å². The Morgan fingerprint density at radius 2 is 2.16 bits per heavy atom. The predicted molar refractivity (Wildman–Crippen MR) is 62.3 cm³/mol. The van der Waals surface area contributed by atoms with E-state index in [1.165, 1.54) is 6.92 Å². The molecule has 0 aliphatic carbocycles. The first-order chi connectivity index (χ1) is 8.84. The number of sulfonamides is 1. The molecule has 104 valence electrons. The lowest BCUT2D eigenvalue weighted by molar-refractivity contribution is -0.387. The van der Waals surface area contributed by atoms with Crippen molar-refractivity contribution in [3.8, 4) is 0 Å². The number of rotatable bonds is 3. The van der Waals surface area contributed by atoms with Crippen molar-refractivity contribution in [2.45, 2.75) is 18.2 Å². The standard InChI is InChI=1S/C10H11FN2O5S/c1-7-5-8(6-9(10(7)11)13(14)15)19(16,17)12-3-2-4-18-12/h5-6H,2-4H2,1H3. The van der Waals surface area contributed by atoms with Crippen molar-refractivity contribution in [2.75, 3.05) is 13.2 Å². The maximum atomic E-state index is 13.5. The summed E-state index contributed by atoms with van der Waals surface area (Å²) < 4.78 is 38.5. The van der Waals surface area contributed by atoms with Crippen LogP contribution in [0.15, 0.2) is 17.0 Å². The van der Waals surface area contributed by atoms with E-state index >= 15 is 0 Å². The number of hydrogen-bond donors (Lipinski definition) is 0. The van der Waals surface area contributed by atoms with Crippen molar-refractivity contribution in [1.82, 2.24) is 4.47 Å². The highest BCUT2D eigenvalue weighted by Crippen LogP contribution is 2.28. The first kappa shape index (κ1) is 13.8. The van der Waals surface area contributed by atoms with Gasteiger partial charge in [0, 0.05) is 12.6 Å². The first-order valence-corrected chi connectivity index (χ1v) is 6.88. The summed E-state index contributed by atoms with van der Waals surface area (Å²) in [6.07, 6.45) is 0.543. The lowest BCUT2D eigenvalue weighted by atomic mass is 10.2. The van der Waals surface area contributed by atoms with E-state index in [1.807, 2.05) is 0 Å². The number of halogens is 1. The molecule has 0 amide bonds. The largest absolute Gasteiger partial charge is 0.306 e. The molecule has 1 fully saturated rings. The van der Waals surface area contributed by atoms with Crippen LogP contribution in [0.3, 0.4) is 0 Å². The van der Waals surface area contributed by atoms with Crippen molar-refractivity contribution in [3.05, 3.63) is 33.6 Å². The smallest absolute Gasteiger partial charge is 0.284 e. The first-order valence-electron chi connectivity index (χ1n) is 5.44. The summed E-state index contributed by atoms with van der Waals surface area (Å²) in [5.41, 5.74) is -0.968. The van der Waals surface area contributed by atoms with E-state index in [0.717, 1.165) is 10.5 Å².